The number of hydrogen-bond acceptors (Lipinski definition) is 3. The lowest BCUT2D eigenvalue weighted by Gasteiger charge is -2.22. The van der Waals surface area contributed by atoms with Gasteiger partial charge in [-0.2, -0.15) is 11.8 Å². The van der Waals surface area contributed by atoms with Gasteiger partial charge in [-0.15, -0.1) is 6.58 Å². The van der Waals surface area contributed by atoms with Crippen molar-refractivity contribution in [3.8, 4) is 0 Å². The van der Waals surface area contributed by atoms with E-state index in [0.717, 1.165) is 18.7 Å². The van der Waals surface area contributed by atoms with E-state index in [0.29, 0.717) is 24.7 Å². The lowest BCUT2D eigenvalue weighted by molar-refractivity contribution is -0.119. The molecule has 0 bridgehead atoms. The molecule has 0 saturated carbocycles. The Kier molecular flexibility index (Phi) is 5.16. The van der Waals surface area contributed by atoms with Crippen LogP contribution < -0.4 is 5.32 Å². The van der Waals surface area contributed by atoms with Crippen LogP contribution in [0.15, 0.2) is 12.7 Å². The summed E-state index contributed by atoms with van der Waals surface area (Å²) in [5.41, 5.74) is 0. The average molecular weight is 199 g/mol. The van der Waals surface area contributed by atoms with E-state index in [-0.39, 0.29) is 0 Å². The first-order chi connectivity index (χ1) is 6.33. The fourth-order valence-electron chi connectivity index (χ4n) is 1.39. The van der Waals surface area contributed by atoms with Crippen molar-refractivity contribution in [1.82, 2.24) is 5.32 Å². The number of nitrogens with one attached hydrogen (secondary N) is 1. The van der Waals surface area contributed by atoms with Gasteiger partial charge >= 0.3 is 0 Å². The van der Waals surface area contributed by atoms with Crippen molar-refractivity contribution in [1.29, 1.82) is 0 Å². The second kappa shape index (κ2) is 6.22. The Balaban J connectivity index is 2.14. The monoisotopic (exact) mass is 199 g/mol. The van der Waals surface area contributed by atoms with Gasteiger partial charge in [0.1, 0.15) is 5.78 Å². The summed E-state index contributed by atoms with van der Waals surface area (Å²) in [4.78, 5) is 11.4. The molecule has 1 heterocycles. The van der Waals surface area contributed by atoms with Crippen molar-refractivity contribution in [3.63, 3.8) is 0 Å². The molecule has 0 radical (unpaired) electrons. The first kappa shape index (κ1) is 10.8. The van der Waals surface area contributed by atoms with Gasteiger partial charge in [0.15, 0.2) is 0 Å². The van der Waals surface area contributed by atoms with Crippen molar-refractivity contribution in [2.45, 2.75) is 25.3 Å². The van der Waals surface area contributed by atoms with Crippen LogP contribution >= 0.6 is 11.8 Å². The number of allylic oxidation sites excluding steroid dienone is 1. The molecule has 0 aromatic heterocycles. The molecule has 74 valence electrons. The number of hydrogen-bond donors (Lipinski definition) is 1. The molecule has 1 aliphatic heterocycles. The highest BCUT2D eigenvalue weighted by atomic mass is 32.2. The summed E-state index contributed by atoms with van der Waals surface area (Å²) in [7, 11) is 0. The van der Waals surface area contributed by atoms with Gasteiger partial charge in [-0.05, 0) is 6.42 Å². The van der Waals surface area contributed by atoms with Crippen LogP contribution in [0.3, 0.4) is 0 Å². The zero-order valence-electron chi connectivity index (χ0n) is 7.92. The van der Waals surface area contributed by atoms with Gasteiger partial charge in [0.25, 0.3) is 0 Å². The van der Waals surface area contributed by atoms with E-state index in [1.807, 2.05) is 11.8 Å². The molecule has 2 nitrogen and oxygen atoms in total. The van der Waals surface area contributed by atoms with Gasteiger partial charge < -0.3 is 5.32 Å². The Bertz CT molecular complexity index is 176. The van der Waals surface area contributed by atoms with Gasteiger partial charge in [0.05, 0.1) is 0 Å². The molecule has 1 rings (SSSR count). The highest BCUT2D eigenvalue weighted by molar-refractivity contribution is 7.99. The van der Waals surface area contributed by atoms with Crippen molar-refractivity contribution < 1.29 is 4.79 Å². The maximum atomic E-state index is 11.4. The van der Waals surface area contributed by atoms with Crippen molar-refractivity contribution >= 4 is 17.5 Å². The predicted molar refractivity (Wildman–Crippen MR) is 58.2 cm³/mol. The van der Waals surface area contributed by atoms with E-state index in [1.54, 1.807) is 6.08 Å². The molecule has 0 spiro atoms. The molecule has 0 amide bonds. The van der Waals surface area contributed by atoms with Crippen LogP contribution in [0.25, 0.3) is 0 Å². The summed E-state index contributed by atoms with van der Waals surface area (Å²) in [6.45, 7) is 4.65. The molecule has 0 aromatic rings. The molecular weight excluding hydrogens is 182 g/mol. The summed E-state index contributed by atoms with van der Waals surface area (Å²) >= 11 is 1.93. The molecule has 0 aromatic carbocycles. The standard InChI is InChI=1S/C10H17NOS/c1-2-3-4-10(12)7-9-8-13-6-5-11-9/h2,9,11H,1,3-8H2. The molecule has 13 heavy (non-hydrogen) atoms. The number of carbonyl (C=O) groups excluding carboxylic acids is 1. The maximum absolute atomic E-state index is 11.4. The Hall–Kier alpha value is -0.280. The third kappa shape index (κ3) is 4.48. The average Bonchev–Trinajstić information content (AvgIpc) is 2.16. The fourth-order valence-corrected chi connectivity index (χ4v) is 2.34. The fraction of sp³-hybridized carbons (Fsp3) is 0.700. The van der Waals surface area contributed by atoms with Gasteiger partial charge in [0, 0.05) is 36.9 Å². The first-order valence-electron chi connectivity index (χ1n) is 4.76. The Labute approximate surface area is 84.2 Å². The molecule has 1 aliphatic rings. The highest BCUT2D eigenvalue weighted by Gasteiger charge is 2.15. The van der Waals surface area contributed by atoms with Crippen molar-refractivity contribution in [2.75, 3.05) is 18.1 Å². The molecule has 0 aliphatic carbocycles. The van der Waals surface area contributed by atoms with Crippen LogP contribution in [0.4, 0.5) is 0 Å². The van der Waals surface area contributed by atoms with Gasteiger partial charge in [-0.1, -0.05) is 6.08 Å². The van der Waals surface area contributed by atoms with Gasteiger partial charge in [-0.25, -0.2) is 0 Å². The second-order valence-corrected chi connectivity index (χ2v) is 4.45. The largest absolute Gasteiger partial charge is 0.312 e. The van der Waals surface area contributed by atoms with Gasteiger partial charge in [-0.3, -0.25) is 4.79 Å². The van der Waals surface area contributed by atoms with E-state index in [1.165, 1.54) is 5.75 Å². The van der Waals surface area contributed by atoms with E-state index >= 15 is 0 Å². The normalized spacial score (nSPS) is 22.6. The first-order valence-corrected chi connectivity index (χ1v) is 5.92. The second-order valence-electron chi connectivity index (χ2n) is 3.30. The molecule has 1 fully saturated rings. The van der Waals surface area contributed by atoms with E-state index in [4.69, 9.17) is 0 Å². The zero-order chi connectivity index (χ0) is 9.52. The quantitative estimate of drug-likeness (QED) is 0.682. The number of ketones is 1. The van der Waals surface area contributed by atoms with Crippen LogP contribution in [0.5, 0.6) is 0 Å². The molecular formula is C10H17NOS. The van der Waals surface area contributed by atoms with E-state index < -0.39 is 0 Å². The Morgan fingerprint density at radius 1 is 1.69 bits per heavy atom. The Morgan fingerprint density at radius 3 is 3.15 bits per heavy atom. The summed E-state index contributed by atoms with van der Waals surface area (Å²) in [5.74, 6) is 2.62. The predicted octanol–water partition coefficient (Wildman–Crippen LogP) is 1.62. The lowest BCUT2D eigenvalue weighted by Crippen LogP contribution is -2.38. The summed E-state index contributed by atoms with van der Waals surface area (Å²) < 4.78 is 0. The zero-order valence-corrected chi connectivity index (χ0v) is 8.74. The molecule has 1 unspecified atom stereocenters. The third-order valence-electron chi connectivity index (χ3n) is 2.10. The summed E-state index contributed by atoms with van der Waals surface area (Å²) in [6, 6.07) is 0.413. The van der Waals surface area contributed by atoms with Crippen molar-refractivity contribution in [2.24, 2.45) is 0 Å². The molecule has 1 atom stereocenters. The van der Waals surface area contributed by atoms with Crippen LogP contribution in [0, 0.1) is 0 Å². The molecule has 3 heteroatoms. The van der Waals surface area contributed by atoms with E-state index in [9.17, 15) is 4.79 Å². The van der Waals surface area contributed by atoms with Crippen LogP contribution in [0.2, 0.25) is 0 Å². The van der Waals surface area contributed by atoms with Crippen molar-refractivity contribution in [3.05, 3.63) is 12.7 Å². The third-order valence-corrected chi connectivity index (χ3v) is 3.23. The lowest BCUT2D eigenvalue weighted by atomic mass is 10.1. The minimum Gasteiger partial charge on any atom is -0.312 e. The summed E-state index contributed by atoms with van der Waals surface area (Å²) in [5, 5.41) is 3.36. The van der Waals surface area contributed by atoms with E-state index in [2.05, 4.69) is 11.9 Å². The number of carbonyl (C=O) groups is 1. The highest BCUT2D eigenvalue weighted by Crippen LogP contribution is 2.11. The van der Waals surface area contributed by atoms with Crippen LogP contribution in [-0.2, 0) is 4.79 Å². The SMILES string of the molecule is C=CCCC(=O)CC1CSCCN1. The maximum Gasteiger partial charge on any atom is 0.134 e. The topological polar surface area (TPSA) is 29.1 Å². The minimum absolute atomic E-state index is 0.361. The number of thioether (sulfide) groups is 1. The summed E-state index contributed by atoms with van der Waals surface area (Å²) in [6.07, 6.45) is 3.98. The van der Waals surface area contributed by atoms with Crippen LogP contribution in [0.1, 0.15) is 19.3 Å². The number of rotatable bonds is 5. The molecule has 1 N–H and O–H groups in total. The molecule has 1 saturated heterocycles. The van der Waals surface area contributed by atoms with Gasteiger partial charge in [0.2, 0.25) is 0 Å². The Morgan fingerprint density at radius 2 is 2.54 bits per heavy atom. The minimum atomic E-state index is 0.361. The van der Waals surface area contributed by atoms with Crippen LogP contribution in [-0.4, -0.2) is 29.9 Å². The smallest absolute Gasteiger partial charge is 0.134 e. The number of Topliss-reactive ketones (excluding diaryl/α,β-unsaturated/α-hetero) is 1.